The minimum absolute atomic E-state index is 0.583. The van der Waals surface area contributed by atoms with Crippen molar-refractivity contribution in [3.63, 3.8) is 0 Å². The molecule has 0 spiro atoms. The van der Waals surface area contributed by atoms with Crippen molar-refractivity contribution in [2.45, 2.75) is 44.2 Å². The van der Waals surface area contributed by atoms with Crippen molar-refractivity contribution in [1.82, 2.24) is 9.88 Å². The quantitative estimate of drug-likeness (QED) is 0.910. The molecule has 1 saturated carbocycles. The van der Waals surface area contributed by atoms with Gasteiger partial charge in [-0.3, -0.25) is 4.98 Å². The van der Waals surface area contributed by atoms with Crippen molar-refractivity contribution in [2.75, 3.05) is 31.6 Å². The minimum Gasteiger partial charge on any atom is -0.387 e. The van der Waals surface area contributed by atoms with Gasteiger partial charge in [-0.1, -0.05) is 0 Å². The van der Waals surface area contributed by atoms with Crippen molar-refractivity contribution in [2.24, 2.45) is 0 Å². The molecule has 0 aromatic carbocycles. The average Bonchev–Trinajstić information content (AvgIpc) is 3.23. The summed E-state index contributed by atoms with van der Waals surface area (Å²) in [6, 6.07) is 4.85. The first kappa shape index (κ1) is 13.8. The lowest BCUT2D eigenvalue weighted by Gasteiger charge is -2.42. The van der Waals surface area contributed by atoms with Gasteiger partial charge in [0.2, 0.25) is 0 Å². The summed E-state index contributed by atoms with van der Waals surface area (Å²) in [6.07, 6.45) is 6.45. The molecule has 0 radical (unpaired) electrons. The standard InChI is InChI=1S/C16H25N3O/c1-13-4-5-15(10-17-13)19-9-3-8-16(20,12-19)11-18(2)14-6-7-14/h4-5,10,14,20H,3,6-9,11-12H2,1-2H3. The number of pyridine rings is 1. The number of rotatable bonds is 4. The van der Waals surface area contributed by atoms with Crippen molar-refractivity contribution < 1.29 is 5.11 Å². The molecule has 1 atom stereocenters. The number of β-amino-alcohol motifs (C(OH)–C–C–N with tert-alkyl or cyclic N) is 1. The number of aryl methyl sites for hydroxylation is 1. The fourth-order valence-corrected chi connectivity index (χ4v) is 3.22. The predicted octanol–water partition coefficient (Wildman–Crippen LogP) is 1.82. The van der Waals surface area contributed by atoms with Crippen LogP contribution in [-0.4, -0.2) is 53.3 Å². The molecule has 0 amide bonds. The van der Waals surface area contributed by atoms with E-state index in [9.17, 15) is 5.11 Å². The highest BCUT2D eigenvalue weighted by Crippen LogP contribution is 2.30. The Morgan fingerprint density at radius 2 is 2.25 bits per heavy atom. The maximum Gasteiger partial charge on any atom is 0.0948 e. The van der Waals surface area contributed by atoms with Crippen LogP contribution in [0.15, 0.2) is 18.3 Å². The maximum atomic E-state index is 10.9. The van der Waals surface area contributed by atoms with Crippen molar-refractivity contribution in [1.29, 1.82) is 0 Å². The van der Waals surface area contributed by atoms with Gasteiger partial charge in [-0.2, -0.15) is 0 Å². The van der Waals surface area contributed by atoms with Gasteiger partial charge < -0.3 is 14.9 Å². The number of aliphatic hydroxyl groups is 1. The Kier molecular flexibility index (Phi) is 3.69. The highest BCUT2D eigenvalue weighted by atomic mass is 16.3. The van der Waals surface area contributed by atoms with E-state index in [4.69, 9.17) is 0 Å². The Morgan fingerprint density at radius 3 is 2.90 bits per heavy atom. The summed E-state index contributed by atoms with van der Waals surface area (Å²) in [5.74, 6) is 0. The molecule has 2 aliphatic rings. The molecule has 4 nitrogen and oxygen atoms in total. The number of nitrogens with zero attached hydrogens (tertiary/aromatic N) is 3. The molecule has 2 heterocycles. The van der Waals surface area contributed by atoms with E-state index in [0.29, 0.717) is 6.04 Å². The van der Waals surface area contributed by atoms with Gasteiger partial charge in [0.25, 0.3) is 0 Å². The van der Waals surface area contributed by atoms with E-state index in [1.807, 2.05) is 19.2 Å². The summed E-state index contributed by atoms with van der Waals surface area (Å²) in [4.78, 5) is 8.97. The molecule has 1 aliphatic heterocycles. The van der Waals surface area contributed by atoms with Crippen LogP contribution in [-0.2, 0) is 0 Å². The lowest BCUT2D eigenvalue weighted by atomic mass is 9.92. The molecule has 1 unspecified atom stereocenters. The minimum atomic E-state index is -0.583. The molecule has 1 saturated heterocycles. The monoisotopic (exact) mass is 275 g/mol. The first-order chi connectivity index (χ1) is 9.56. The molecule has 1 aromatic heterocycles. The summed E-state index contributed by atoms with van der Waals surface area (Å²) >= 11 is 0. The highest BCUT2D eigenvalue weighted by Gasteiger charge is 2.37. The van der Waals surface area contributed by atoms with Crippen LogP contribution in [0.4, 0.5) is 5.69 Å². The number of piperidine rings is 1. The highest BCUT2D eigenvalue weighted by molar-refractivity contribution is 5.45. The SMILES string of the molecule is Cc1ccc(N2CCCC(O)(CN(C)C3CC3)C2)cn1. The second-order valence-corrected chi connectivity index (χ2v) is 6.55. The number of anilines is 1. The lowest BCUT2D eigenvalue weighted by molar-refractivity contribution is -0.00343. The van der Waals surface area contributed by atoms with E-state index in [1.165, 1.54) is 12.8 Å². The Balaban J connectivity index is 1.67. The Bertz CT molecular complexity index is 457. The number of hydrogen-bond acceptors (Lipinski definition) is 4. The van der Waals surface area contributed by atoms with E-state index >= 15 is 0 Å². The maximum absolute atomic E-state index is 10.9. The molecule has 1 aromatic rings. The summed E-state index contributed by atoms with van der Waals surface area (Å²) in [6.45, 7) is 4.52. The largest absolute Gasteiger partial charge is 0.387 e. The van der Waals surface area contributed by atoms with Crippen LogP contribution in [0.3, 0.4) is 0 Å². The number of likely N-dealkylation sites (N-methyl/N-ethyl adjacent to an activating group) is 1. The smallest absolute Gasteiger partial charge is 0.0948 e. The zero-order chi connectivity index (χ0) is 14.2. The second kappa shape index (κ2) is 5.34. The van der Waals surface area contributed by atoms with Gasteiger partial charge >= 0.3 is 0 Å². The van der Waals surface area contributed by atoms with Gasteiger partial charge in [-0.25, -0.2) is 0 Å². The van der Waals surface area contributed by atoms with Gasteiger partial charge in [-0.05, 0) is 51.8 Å². The summed E-state index contributed by atoms with van der Waals surface area (Å²) in [5, 5.41) is 10.9. The van der Waals surface area contributed by atoms with Gasteiger partial charge in [0.1, 0.15) is 0 Å². The van der Waals surface area contributed by atoms with E-state index in [1.54, 1.807) is 0 Å². The second-order valence-electron chi connectivity index (χ2n) is 6.55. The van der Waals surface area contributed by atoms with Crippen molar-refractivity contribution in [3.05, 3.63) is 24.0 Å². The first-order valence-electron chi connectivity index (χ1n) is 7.66. The Labute approximate surface area is 121 Å². The van der Waals surface area contributed by atoms with Crippen LogP contribution in [0, 0.1) is 6.92 Å². The summed E-state index contributed by atoms with van der Waals surface area (Å²) in [7, 11) is 2.14. The molecule has 20 heavy (non-hydrogen) atoms. The molecule has 1 N–H and O–H groups in total. The van der Waals surface area contributed by atoms with Crippen LogP contribution < -0.4 is 4.90 Å². The average molecular weight is 275 g/mol. The third-order valence-electron chi connectivity index (χ3n) is 4.53. The zero-order valence-electron chi connectivity index (χ0n) is 12.5. The van der Waals surface area contributed by atoms with Crippen LogP contribution >= 0.6 is 0 Å². The first-order valence-corrected chi connectivity index (χ1v) is 7.66. The van der Waals surface area contributed by atoms with Crippen LogP contribution in [0.1, 0.15) is 31.4 Å². The van der Waals surface area contributed by atoms with E-state index in [0.717, 1.165) is 43.9 Å². The third-order valence-corrected chi connectivity index (χ3v) is 4.53. The normalized spacial score (nSPS) is 27.1. The predicted molar refractivity (Wildman–Crippen MR) is 81.0 cm³/mol. The van der Waals surface area contributed by atoms with Gasteiger partial charge in [0, 0.05) is 31.4 Å². The van der Waals surface area contributed by atoms with Crippen LogP contribution in [0.25, 0.3) is 0 Å². The fourth-order valence-electron chi connectivity index (χ4n) is 3.22. The summed E-state index contributed by atoms with van der Waals surface area (Å²) in [5.41, 5.74) is 1.58. The lowest BCUT2D eigenvalue weighted by Crippen LogP contribution is -2.54. The molecule has 4 heteroatoms. The molecule has 0 bridgehead atoms. The zero-order valence-corrected chi connectivity index (χ0v) is 12.5. The molecule has 2 fully saturated rings. The Hall–Kier alpha value is -1.13. The Morgan fingerprint density at radius 1 is 1.45 bits per heavy atom. The van der Waals surface area contributed by atoms with Crippen LogP contribution in [0.2, 0.25) is 0 Å². The van der Waals surface area contributed by atoms with Gasteiger partial charge in [-0.15, -0.1) is 0 Å². The molecule has 1 aliphatic carbocycles. The molecule has 3 rings (SSSR count). The third kappa shape index (κ3) is 3.13. The van der Waals surface area contributed by atoms with Gasteiger partial charge in [0.15, 0.2) is 0 Å². The van der Waals surface area contributed by atoms with E-state index < -0.39 is 5.60 Å². The van der Waals surface area contributed by atoms with Gasteiger partial charge in [0.05, 0.1) is 17.5 Å². The van der Waals surface area contributed by atoms with E-state index in [2.05, 4.69) is 27.9 Å². The number of aromatic nitrogens is 1. The molecular weight excluding hydrogens is 250 g/mol. The van der Waals surface area contributed by atoms with Crippen molar-refractivity contribution >= 4 is 5.69 Å². The molecular formula is C16H25N3O. The van der Waals surface area contributed by atoms with E-state index in [-0.39, 0.29) is 0 Å². The van der Waals surface area contributed by atoms with Crippen molar-refractivity contribution in [3.8, 4) is 0 Å². The van der Waals surface area contributed by atoms with Crippen LogP contribution in [0.5, 0.6) is 0 Å². The summed E-state index contributed by atoms with van der Waals surface area (Å²) < 4.78 is 0. The number of hydrogen-bond donors (Lipinski definition) is 1. The molecule has 110 valence electrons. The topological polar surface area (TPSA) is 39.6 Å². The fraction of sp³-hybridized carbons (Fsp3) is 0.688.